The van der Waals surface area contributed by atoms with Crippen LogP contribution >= 0.6 is 35.0 Å². The number of hydrogen-bond donors (Lipinski definition) is 2. The van der Waals surface area contributed by atoms with Crippen LogP contribution in [-0.2, 0) is 10.5 Å². The third-order valence-corrected chi connectivity index (χ3v) is 7.48. The molecule has 5 rings (SSSR count). The molecule has 0 aliphatic carbocycles. The maximum Gasteiger partial charge on any atom is 0.255 e. The van der Waals surface area contributed by atoms with Gasteiger partial charge in [0.1, 0.15) is 11.8 Å². The number of hydrogen-bond acceptors (Lipinski definition) is 6. The Morgan fingerprint density at radius 1 is 1.11 bits per heavy atom. The van der Waals surface area contributed by atoms with E-state index in [1.54, 1.807) is 10.7 Å². The van der Waals surface area contributed by atoms with Gasteiger partial charge < -0.3 is 15.4 Å². The number of halogens is 2. The maximum atomic E-state index is 13.8. The number of allylic oxidation sites excluding steroid dienone is 1. The topological polar surface area (TPSA) is 81.1 Å². The molecule has 1 atom stereocenters. The normalized spacial score (nSPS) is 14.6. The Morgan fingerprint density at radius 2 is 1.89 bits per heavy atom. The molecule has 1 amide bonds. The molecule has 0 radical (unpaired) electrons. The number of rotatable bonds is 8. The highest BCUT2D eigenvalue weighted by atomic mass is 35.5. The molecule has 4 aromatic rings. The van der Waals surface area contributed by atoms with Gasteiger partial charge in [0, 0.05) is 21.5 Å². The summed E-state index contributed by atoms with van der Waals surface area (Å²) in [4.78, 5) is 18.5. The average molecular weight is 567 g/mol. The summed E-state index contributed by atoms with van der Waals surface area (Å²) in [6, 6.07) is 21.9. The second-order valence-corrected chi connectivity index (χ2v) is 10.3. The fourth-order valence-electron chi connectivity index (χ4n) is 4.27. The van der Waals surface area contributed by atoms with Crippen molar-refractivity contribution in [3.8, 4) is 5.75 Å². The van der Waals surface area contributed by atoms with Crippen LogP contribution < -0.4 is 15.4 Å². The Labute approximate surface area is 235 Å². The Morgan fingerprint density at radius 3 is 2.68 bits per heavy atom. The van der Waals surface area contributed by atoms with Crippen molar-refractivity contribution < 1.29 is 9.53 Å². The number of aromatic nitrogens is 3. The number of anilines is 2. The summed E-state index contributed by atoms with van der Waals surface area (Å²) in [7, 11) is 0. The number of carbonyl (C=O) groups is 1. The van der Waals surface area contributed by atoms with Crippen LogP contribution in [-0.4, -0.2) is 27.3 Å². The Balaban J connectivity index is 1.50. The van der Waals surface area contributed by atoms with Crippen molar-refractivity contribution >= 4 is 52.5 Å². The first kappa shape index (κ1) is 26.2. The molecule has 10 heteroatoms. The third kappa shape index (κ3) is 5.53. The van der Waals surface area contributed by atoms with Crippen molar-refractivity contribution in [1.29, 1.82) is 0 Å². The van der Waals surface area contributed by atoms with Crippen LogP contribution in [0.3, 0.4) is 0 Å². The number of carbonyl (C=O) groups excluding carboxylic acids is 1. The van der Waals surface area contributed by atoms with Crippen LogP contribution in [0.25, 0.3) is 0 Å². The minimum atomic E-state index is -0.550. The minimum absolute atomic E-state index is 0.279. The number of thioether (sulfide) groups is 1. The van der Waals surface area contributed by atoms with Gasteiger partial charge in [-0.3, -0.25) is 4.79 Å². The van der Waals surface area contributed by atoms with Gasteiger partial charge >= 0.3 is 0 Å². The molecular formula is C28H25Cl2N5O2S. The van der Waals surface area contributed by atoms with Crippen molar-refractivity contribution in [2.75, 3.05) is 17.2 Å². The van der Waals surface area contributed by atoms with E-state index in [9.17, 15) is 4.79 Å². The Bertz CT molecular complexity index is 1520. The number of amides is 1. The fraction of sp³-hybridized carbons (Fsp3) is 0.179. The monoisotopic (exact) mass is 565 g/mol. The fourth-order valence-corrected chi connectivity index (χ4v) is 5.58. The molecular weight excluding hydrogens is 541 g/mol. The van der Waals surface area contributed by atoms with Crippen molar-refractivity contribution in [2.24, 2.45) is 0 Å². The first-order chi connectivity index (χ1) is 18.4. The van der Waals surface area contributed by atoms with E-state index in [2.05, 4.69) is 10.6 Å². The number of nitrogens with one attached hydrogen (secondary N) is 2. The number of benzene rings is 3. The van der Waals surface area contributed by atoms with E-state index in [0.717, 1.165) is 11.1 Å². The second kappa shape index (κ2) is 11.5. The molecule has 194 valence electrons. The van der Waals surface area contributed by atoms with E-state index < -0.39 is 6.04 Å². The highest BCUT2D eigenvalue weighted by molar-refractivity contribution is 7.98. The van der Waals surface area contributed by atoms with Crippen LogP contribution in [0.15, 0.2) is 89.2 Å². The van der Waals surface area contributed by atoms with Crippen molar-refractivity contribution in [3.05, 3.63) is 105 Å². The van der Waals surface area contributed by atoms with Gasteiger partial charge in [0.25, 0.3) is 5.91 Å². The second-order valence-electron chi connectivity index (χ2n) is 8.55. The lowest BCUT2D eigenvalue weighted by Gasteiger charge is -2.29. The summed E-state index contributed by atoms with van der Waals surface area (Å²) in [5, 5.41) is 12.9. The molecule has 1 aliphatic heterocycles. The van der Waals surface area contributed by atoms with Crippen LogP contribution in [0.4, 0.5) is 11.6 Å². The SMILES string of the molecule is CCOc1ccccc1NC(=O)C1=C(C)Nc2nc(SCc3ccccc3Cl)nn2C1c1cccc(Cl)c1. The predicted octanol–water partition coefficient (Wildman–Crippen LogP) is 7.20. The van der Waals surface area contributed by atoms with Gasteiger partial charge in [-0.25, -0.2) is 4.68 Å². The van der Waals surface area contributed by atoms with Gasteiger partial charge in [0.2, 0.25) is 11.1 Å². The summed E-state index contributed by atoms with van der Waals surface area (Å²) in [6.07, 6.45) is 0. The molecule has 2 heterocycles. The third-order valence-electron chi connectivity index (χ3n) is 5.99. The number of nitrogens with zero attached hydrogens (tertiary/aromatic N) is 3. The molecule has 1 unspecified atom stereocenters. The first-order valence-electron chi connectivity index (χ1n) is 12.0. The van der Waals surface area contributed by atoms with E-state index in [1.807, 2.05) is 80.6 Å². The molecule has 2 N–H and O–H groups in total. The van der Waals surface area contributed by atoms with Gasteiger partial charge in [0.05, 0.1) is 17.9 Å². The molecule has 0 saturated carbocycles. The smallest absolute Gasteiger partial charge is 0.255 e. The zero-order chi connectivity index (χ0) is 26.6. The van der Waals surface area contributed by atoms with E-state index in [-0.39, 0.29) is 5.91 Å². The molecule has 1 aliphatic rings. The molecule has 1 aromatic heterocycles. The lowest BCUT2D eigenvalue weighted by molar-refractivity contribution is -0.113. The lowest BCUT2D eigenvalue weighted by atomic mass is 9.95. The summed E-state index contributed by atoms with van der Waals surface area (Å²) in [5.74, 6) is 1.47. The van der Waals surface area contributed by atoms with Crippen molar-refractivity contribution in [1.82, 2.24) is 14.8 Å². The zero-order valence-corrected chi connectivity index (χ0v) is 23.1. The Kier molecular flexibility index (Phi) is 7.93. The molecule has 0 saturated heterocycles. The van der Waals surface area contributed by atoms with Crippen molar-refractivity contribution in [2.45, 2.75) is 30.8 Å². The summed E-state index contributed by atoms with van der Waals surface area (Å²) < 4.78 is 7.44. The van der Waals surface area contributed by atoms with Gasteiger partial charge in [0.15, 0.2) is 0 Å². The average Bonchev–Trinajstić information content (AvgIpc) is 3.31. The van der Waals surface area contributed by atoms with Crippen LogP contribution in [0, 0.1) is 0 Å². The van der Waals surface area contributed by atoms with E-state index in [0.29, 0.717) is 56.2 Å². The highest BCUT2D eigenvalue weighted by Crippen LogP contribution is 2.38. The van der Waals surface area contributed by atoms with Crippen LogP contribution in [0.2, 0.25) is 10.0 Å². The minimum Gasteiger partial charge on any atom is -0.492 e. The van der Waals surface area contributed by atoms with Crippen LogP contribution in [0.5, 0.6) is 5.75 Å². The van der Waals surface area contributed by atoms with E-state index in [1.165, 1.54) is 11.8 Å². The predicted molar refractivity (Wildman–Crippen MR) is 153 cm³/mol. The molecule has 0 spiro atoms. The summed E-state index contributed by atoms with van der Waals surface area (Å²) in [5.41, 5.74) is 3.57. The molecule has 3 aromatic carbocycles. The number of ether oxygens (including phenoxy) is 1. The largest absolute Gasteiger partial charge is 0.492 e. The summed E-state index contributed by atoms with van der Waals surface area (Å²) >= 11 is 14.2. The van der Waals surface area contributed by atoms with Gasteiger partial charge in [-0.15, -0.1) is 5.10 Å². The number of fused-ring (bicyclic) bond motifs is 1. The van der Waals surface area contributed by atoms with Gasteiger partial charge in [-0.05, 0) is 55.3 Å². The van der Waals surface area contributed by atoms with Gasteiger partial charge in [-0.1, -0.05) is 77.4 Å². The molecule has 38 heavy (non-hydrogen) atoms. The van der Waals surface area contributed by atoms with Gasteiger partial charge in [-0.2, -0.15) is 4.98 Å². The zero-order valence-electron chi connectivity index (χ0n) is 20.7. The molecule has 0 fully saturated rings. The lowest BCUT2D eigenvalue weighted by Crippen LogP contribution is -2.31. The van der Waals surface area contributed by atoms with Crippen LogP contribution in [0.1, 0.15) is 31.0 Å². The molecule has 0 bridgehead atoms. The van der Waals surface area contributed by atoms with E-state index in [4.69, 9.17) is 38.0 Å². The number of para-hydroxylation sites is 2. The quantitative estimate of drug-likeness (QED) is 0.220. The van der Waals surface area contributed by atoms with E-state index >= 15 is 0 Å². The van der Waals surface area contributed by atoms with Crippen molar-refractivity contribution in [3.63, 3.8) is 0 Å². The first-order valence-corrected chi connectivity index (χ1v) is 13.8. The maximum absolute atomic E-state index is 13.8. The highest BCUT2D eigenvalue weighted by Gasteiger charge is 2.34. The Hall–Kier alpha value is -3.46. The molecule has 7 nitrogen and oxygen atoms in total. The standard InChI is InChI=1S/C28H25Cl2N5O2S/c1-3-37-23-14-7-6-13-22(23)32-26(36)24-17(2)31-27-33-28(38-16-19-9-4-5-12-21(19)30)34-35(27)25(24)18-10-8-11-20(29)15-18/h4-15,25H,3,16H2,1-2H3,(H,32,36)(H,31,33,34). The summed E-state index contributed by atoms with van der Waals surface area (Å²) in [6.45, 7) is 4.24.